The Labute approximate surface area is 196 Å². The summed E-state index contributed by atoms with van der Waals surface area (Å²) in [5.74, 6) is -0.952. The number of nitrogens with one attached hydrogen (secondary N) is 1. The van der Waals surface area contributed by atoms with Crippen LogP contribution in [-0.2, 0) is 20.8 Å². The minimum absolute atomic E-state index is 0.183. The van der Waals surface area contributed by atoms with Crippen LogP contribution in [0.5, 0.6) is 0 Å². The summed E-state index contributed by atoms with van der Waals surface area (Å²) >= 11 is 6.02. The van der Waals surface area contributed by atoms with Gasteiger partial charge in [-0.2, -0.15) is 0 Å². The van der Waals surface area contributed by atoms with Crippen LogP contribution in [0.2, 0.25) is 5.02 Å². The second-order valence-electron chi connectivity index (χ2n) is 7.93. The summed E-state index contributed by atoms with van der Waals surface area (Å²) < 4.78 is 0. The molecule has 164 valence electrons. The van der Waals surface area contributed by atoms with E-state index in [4.69, 9.17) is 11.6 Å². The lowest BCUT2D eigenvalue weighted by Gasteiger charge is -2.22. The van der Waals surface area contributed by atoms with Crippen LogP contribution in [0.25, 0.3) is 5.57 Å². The molecule has 0 saturated carbocycles. The predicted octanol–water partition coefficient (Wildman–Crippen LogP) is 4.65. The van der Waals surface area contributed by atoms with Crippen molar-refractivity contribution in [3.8, 4) is 0 Å². The second kappa shape index (κ2) is 8.22. The fourth-order valence-corrected chi connectivity index (χ4v) is 4.47. The van der Waals surface area contributed by atoms with E-state index in [1.807, 2.05) is 29.2 Å². The molecule has 2 aliphatic rings. The smallest absolute Gasteiger partial charge is 0.282 e. The van der Waals surface area contributed by atoms with Crippen molar-refractivity contribution in [2.75, 3.05) is 21.7 Å². The zero-order valence-corrected chi connectivity index (χ0v) is 18.6. The van der Waals surface area contributed by atoms with Crippen molar-refractivity contribution >= 4 is 52.0 Å². The first-order chi connectivity index (χ1) is 15.9. The highest BCUT2D eigenvalue weighted by Gasteiger charge is 2.44. The van der Waals surface area contributed by atoms with Gasteiger partial charge in [0.05, 0.1) is 11.3 Å². The van der Waals surface area contributed by atoms with Gasteiger partial charge in [-0.3, -0.25) is 14.4 Å². The van der Waals surface area contributed by atoms with Crippen molar-refractivity contribution in [1.29, 1.82) is 0 Å². The van der Waals surface area contributed by atoms with Gasteiger partial charge >= 0.3 is 0 Å². The minimum atomic E-state index is -0.394. The van der Waals surface area contributed by atoms with Gasteiger partial charge in [0.25, 0.3) is 11.8 Å². The first-order valence-electron chi connectivity index (χ1n) is 10.6. The summed E-state index contributed by atoms with van der Waals surface area (Å²) in [5.41, 5.74) is 4.44. The molecular formula is C26H20ClN3O3. The summed E-state index contributed by atoms with van der Waals surface area (Å²) in [6.45, 7) is 2.04. The van der Waals surface area contributed by atoms with Crippen molar-refractivity contribution in [2.24, 2.45) is 0 Å². The average molecular weight is 458 g/mol. The fraction of sp³-hybridized carbons (Fsp3) is 0.115. The SMILES string of the molecule is CC(=O)Nc1ccc(C2=C(N3CCc4ccccc43)C(=O)N(c3ccc(Cl)cc3)C2=O)cc1. The summed E-state index contributed by atoms with van der Waals surface area (Å²) in [6, 6.07) is 21.5. The molecule has 3 amide bonds. The van der Waals surface area contributed by atoms with Crippen molar-refractivity contribution in [2.45, 2.75) is 13.3 Å². The lowest BCUT2D eigenvalue weighted by Crippen LogP contribution is -2.34. The van der Waals surface area contributed by atoms with E-state index < -0.39 is 5.91 Å². The molecule has 0 fully saturated rings. The summed E-state index contributed by atoms with van der Waals surface area (Å²) in [5, 5.41) is 3.24. The fourth-order valence-electron chi connectivity index (χ4n) is 4.35. The van der Waals surface area contributed by atoms with Gasteiger partial charge in [-0.15, -0.1) is 0 Å². The van der Waals surface area contributed by atoms with Crippen molar-refractivity contribution in [3.63, 3.8) is 0 Å². The number of nitrogens with zero attached hydrogens (tertiary/aromatic N) is 2. The summed E-state index contributed by atoms with van der Waals surface area (Å²) in [6.07, 6.45) is 0.789. The lowest BCUT2D eigenvalue weighted by molar-refractivity contribution is -0.120. The van der Waals surface area contributed by atoms with E-state index in [9.17, 15) is 14.4 Å². The largest absolute Gasteiger partial charge is 0.336 e. The van der Waals surface area contributed by atoms with Gasteiger partial charge in [0.2, 0.25) is 5.91 Å². The van der Waals surface area contributed by atoms with E-state index in [2.05, 4.69) is 5.32 Å². The van der Waals surface area contributed by atoms with E-state index >= 15 is 0 Å². The molecule has 6 nitrogen and oxygen atoms in total. The second-order valence-corrected chi connectivity index (χ2v) is 8.37. The van der Waals surface area contributed by atoms with Crippen LogP contribution >= 0.6 is 11.6 Å². The number of amides is 3. The molecule has 0 radical (unpaired) electrons. The maximum absolute atomic E-state index is 13.7. The highest BCUT2D eigenvalue weighted by molar-refractivity contribution is 6.46. The standard InChI is InChI=1S/C26H20ClN3O3/c1-16(31)28-20-10-6-18(7-11-20)23-24(29-15-14-17-4-2-3-5-22(17)29)26(33)30(25(23)32)21-12-8-19(27)9-13-21/h2-13H,14-15H2,1H3,(H,28,31). The van der Waals surface area contributed by atoms with Gasteiger partial charge in [-0.1, -0.05) is 41.9 Å². The van der Waals surface area contributed by atoms with Gasteiger partial charge in [-0.05, 0) is 60.0 Å². The number of fused-ring (bicyclic) bond motifs is 1. The van der Waals surface area contributed by atoms with Gasteiger partial charge in [0.1, 0.15) is 5.70 Å². The maximum Gasteiger partial charge on any atom is 0.282 e. The molecule has 5 rings (SSSR count). The van der Waals surface area contributed by atoms with Crippen LogP contribution < -0.4 is 15.1 Å². The molecule has 0 aliphatic carbocycles. The maximum atomic E-state index is 13.7. The molecule has 2 heterocycles. The van der Waals surface area contributed by atoms with E-state index in [1.165, 1.54) is 11.8 Å². The Morgan fingerprint density at radius 1 is 0.909 bits per heavy atom. The third kappa shape index (κ3) is 3.68. The monoisotopic (exact) mass is 457 g/mol. The van der Waals surface area contributed by atoms with Gasteiger partial charge in [-0.25, -0.2) is 4.90 Å². The van der Waals surface area contributed by atoms with Crippen molar-refractivity contribution in [3.05, 3.63) is 94.6 Å². The first kappa shape index (κ1) is 21.0. The van der Waals surface area contributed by atoms with E-state index in [0.717, 1.165) is 17.7 Å². The predicted molar refractivity (Wildman–Crippen MR) is 129 cm³/mol. The molecule has 33 heavy (non-hydrogen) atoms. The molecule has 0 unspecified atom stereocenters. The number of hydrogen-bond donors (Lipinski definition) is 1. The summed E-state index contributed by atoms with van der Waals surface area (Å²) in [4.78, 5) is 41.9. The molecule has 0 atom stereocenters. The number of para-hydroxylation sites is 1. The quantitative estimate of drug-likeness (QED) is 0.579. The number of carbonyl (C=O) groups excluding carboxylic acids is 3. The third-order valence-corrected chi connectivity index (χ3v) is 6.05. The Kier molecular flexibility index (Phi) is 5.23. The van der Waals surface area contributed by atoms with Crippen LogP contribution in [0.1, 0.15) is 18.1 Å². The Morgan fingerprint density at radius 3 is 2.30 bits per heavy atom. The number of imide groups is 1. The molecule has 0 aromatic heterocycles. The number of hydrogen-bond acceptors (Lipinski definition) is 4. The lowest BCUT2D eigenvalue weighted by atomic mass is 10.0. The van der Waals surface area contributed by atoms with Crippen LogP contribution in [0.3, 0.4) is 0 Å². The molecular weight excluding hydrogens is 438 g/mol. The van der Waals surface area contributed by atoms with Crippen molar-refractivity contribution < 1.29 is 14.4 Å². The minimum Gasteiger partial charge on any atom is -0.336 e. The van der Waals surface area contributed by atoms with Crippen LogP contribution in [0.4, 0.5) is 17.1 Å². The zero-order valence-electron chi connectivity index (χ0n) is 17.8. The van der Waals surface area contributed by atoms with Gasteiger partial charge < -0.3 is 10.2 Å². The molecule has 1 N–H and O–H groups in total. The average Bonchev–Trinajstić information content (AvgIpc) is 3.33. The van der Waals surface area contributed by atoms with E-state index in [0.29, 0.717) is 39.8 Å². The van der Waals surface area contributed by atoms with E-state index in [1.54, 1.807) is 48.5 Å². The molecule has 3 aromatic rings. The van der Waals surface area contributed by atoms with Gasteiger partial charge in [0, 0.05) is 29.9 Å². The molecule has 0 spiro atoms. The number of carbonyl (C=O) groups is 3. The number of rotatable bonds is 4. The molecule has 7 heteroatoms. The molecule has 0 bridgehead atoms. The Hall–Kier alpha value is -3.90. The number of halogens is 1. The van der Waals surface area contributed by atoms with E-state index in [-0.39, 0.29) is 11.8 Å². The zero-order chi connectivity index (χ0) is 23.1. The molecule has 0 saturated heterocycles. The molecule has 2 aliphatic heterocycles. The van der Waals surface area contributed by atoms with Crippen LogP contribution in [0, 0.1) is 0 Å². The summed E-state index contributed by atoms with van der Waals surface area (Å²) in [7, 11) is 0. The Morgan fingerprint density at radius 2 is 1.61 bits per heavy atom. The highest BCUT2D eigenvalue weighted by Crippen LogP contribution is 2.40. The highest BCUT2D eigenvalue weighted by atomic mass is 35.5. The Bertz CT molecular complexity index is 1310. The first-order valence-corrected chi connectivity index (χ1v) is 10.9. The van der Waals surface area contributed by atoms with Crippen LogP contribution in [-0.4, -0.2) is 24.3 Å². The van der Waals surface area contributed by atoms with Crippen LogP contribution in [0.15, 0.2) is 78.5 Å². The topological polar surface area (TPSA) is 69.7 Å². The molecule has 3 aromatic carbocycles. The number of anilines is 3. The Balaban J connectivity index is 1.63. The van der Waals surface area contributed by atoms with Crippen molar-refractivity contribution in [1.82, 2.24) is 0 Å². The van der Waals surface area contributed by atoms with Gasteiger partial charge in [0.15, 0.2) is 0 Å². The normalized spacial score (nSPS) is 15.3. The third-order valence-electron chi connectivity index (χ3n) is 5.80. The number of benzene rings is 3.